The summed E-state index contributed by atoms with van der Waals surface area (Å²) in [7, 11) is 2.15. The van der Waals surface area contributed by atoms with Crippen LogP contribution in [0, 0.1) is 6.92 Å². The van der Waals surface area contributed by atoms with E-state index in [0.29, 0.717) is 29.8 Å². The van der Waals surface area contributed by atoms with E-state index in [0.717, 1.165) is 66.2 Å². The topological polar surface area (TPSA) is 97.4 Å². The average Bonchev–Trinajstić information content (AvgIpc) is 3.45. The predicted octanol–water partition coefficient (Wildman–Crippen LogP) is 5.23. The molecule has 9 heteroatoms. The molecule has 2 aliphatic rings. The van der Waals surface area contributed by atoms with Crippen LogP contribution in [0.4, 0.5) is 11.6 Å². The van der Waals surface area contributed by atoms with Crippen molar-refractivity contribution in [1.82, 2.24) is 24.2 Å². The van der Waals surface area contributed by atoms with Crippen molar-refractivity contribution in [3.05, 3.63) is 69.6 Å². The highest BCUT2D eigenvalue weighted by atomic mass is 16.5. The first-order valence-electron chi connectivity index (χ1n) is 14.8. The number of hydrogen-bond acceptors (Lipinski definition) is 7. The third-order valence-corrected chi connectivity index (χ3v) is 8.73. The Morgan fingerprint density at radius 2 is 1.95 bits per heavy atom. The summed E-state index contributed by atoms with van der Waals surface area (Å²) >= 11 is 0. The van der Waals surface area contributed by atoms with Crippen LogP contribution in [0.2, 0.25) is 0 Å². The van der Waals surface area contributed by atoms with Crippen LogP contribution >= 0.6 is 0 Å². The molecule has 1 unspecified atom stereocenters. The van der Waals surface area contributed by atoms with E-state index in [9.17, 15) is 9.90 Å². The van der Waals surface area contributed by atoms with E-state index < -0.39 is 5.60 Å². The van der Waals surface area contributed by atoms with E-state index in [4.69, 9.17) is 9.72 Å². The number of ether oxygens (including phenoxy) is 1. The van der Waals surface area contributed by atoms with E-state index in [1.807, 2.05) is 62.7 Å². The number of fused-ring (bicyclic) bond motifs is 2. The summed E-state index contributed by atoms with van der Waals surface area (Å²) < 4.78 is 9.89. The van der Waals surface area contributed by atoms with Gasteiger partial charge < -0.3 is 20.1 Å². The summed E-state index contributed by atoms with van der Waals surface area (Å²) in [6.45, 7) is 10.1. The van der Waals surface area contributed by atoms with E-state index >= 15 is 0 Å². The first kappa shape index (κ1) is 27.5. The van der Waals surface area contributed by atoms with Crippen LogP contribution in [0.15, 0.2) is 47.4 Å². The van der Waals surface area contributed by atoms with Crippen molar-refractivity contribution >= 4 is 22.7 Å². The Morgan fingerprint density at radius 3 is 2.66 bits per heavy atom. The second-order valence-electron chi connectivity index (χ2n) is 11.9. The zero-order valence-corrected chi connectivity index (χ0v) is 24.6. The van der Waals surface area contributed by atoms with Crippen molar-refractivity contribution in [3.63, 3.8) is 0 Å². The minimum absolute atomic E-state index is 0.105. The van der Waals surface area contributed by atoms with Crippen molar-refractivity contribution in [2.75, 3.05) is 25.5 Å². The lowest BCUT2D eigenvalue weighted by molar-refractivity contribution is 0.0345. The minimum Gasteiger partial charge on any atom is -0.490 e. The van der Waals surface area contributed by atoms with E-state index in [1.165, 1.54) is 0 Å². The maximum Gasteiger partial charge on any atom is 0.278 e. The summed E-state index contributed by atoms with van der Waals surface area (Å²) in [5.74, 6) is 1.30. The molecule has 1 saturated heterocycles. The normalized spacial score (nSPS) is 19.7. The van der Waals surface area contributed by atoms with Crippen LogP contribution in [0.25, 0.3) is 16.7 Å². The van der Waals surface area contributed by atoms with Crippen LogP contribution in [0.1, 0.15) is 69.2 Å². The molecule has 9 nitrogen and oxygen atoms in total. The Kier molecular flexibility index (Phi) is 7.11. The van der Waals surface area contributed by atoms with Crippen LogP contribution in [-0.4, -0.2) is 55.6 Å². The van der Waals surface area contributed by atoms with Gasteiger partial charge in [-0.2, -0.15) is 4.98 Å². The number of aliphatic hydroxyl groups is 1. The van der Waals surface area contributed by atoms with Crippen molar-refractivity contribution in [3.8, 4) is 11.4 Å². The monoisotopic (exact) mass is 556 g/mol. The molecule has 2 aromatic carbocycles. The molecule has 1 fully saturated rings. The summed E-state index contributed by atoms with van der Waals surface area (Å²) in [5.41, 5.74) is 4.32. The molecule has 0 amide bonds. The Labute approximate surface area is 240 Å². The van der Waals surface area contributed by atoms with Gasteiger partial charge in [-0.25, -0.2) is 14.3 Å². The third kappa shape index (κ3) is 5.02. The molecule has 4 aromatic rings. The Hall–Kier alpha value is -3.69. The number of hydrogen-bond donors (Lipinski definition) is 2. The maximum absolute atomic E-state index is 13.5. The van der Waals surface area contributed by atoms with E-state index in [-0.39, 0.29) is 17.7 Å². The fourth-order valence-electron chi connectivity index (χ4n) is 6.24. The molecular weight excluding hydrogens is 516 g/mol. The fourth-order valence-corrected chi connectivity index (χ4v) is 6.24. The smallest absolute Gasteiger partial charge is 0.278 e. The summed E-state index contributed by atoms with van der Waals surface area (Å²) in [4.78, 5) is 25.2. The first-order chi connectivity index (χ1) is 19.7. The Balaban J connectivity index is 1.34. The second kappa shape index (κ2) is 10.6. The lowest BCUT2D eigenvalue weighted by atomic mass is 9.93. The van der Waals surface area contributed by atoms with Crippen LogP contribution < -0.4 is 15.6 Å². The Morgan fingerprint density at radius 1 is 1.17 bits per heavy atom. The van der Waals surface area contributed by atoms with Gasteiger partial charge in [-0.15, -0.1) is 0 Å². The molecule has 2 aromatic heterocycles. The highest BCUT2D eigenvalue weighted by molar-refractivity contribution is 5.77. The lowest BCUT2D eigenvalue weighted by Gasteiger charge is -2.29. The molecule has 1 aliphatic heterocycles. The number of aryl methyl sites for hydroxylation is 2. The highest BCUT2D eigenvalue weighted by Gasteiger charge is 2.35. The second-order valence-corrected chi connectivity index (χ2v) is 11.9. The number of aromatic nitrogens is 4. The number of piperidine rings is 1. The predicted molar refractivity (Wildman–Crippen MR) is 162 cm³/mol. The number of benzene rings is 2. The quantitative estimate of drug-likeness (QED) is 0.322. The van der Waals surface area contributed by atoms with Gasteiger partial charge in [0.1, 0.15) is 17.2 Å². The van der Waals surface area contributed by atoms with E-state index in [1.54, 1.807) is 10.9 Å². The summed E-state index contributed by atoms with van der Waals surface area (Å²) in [6, 6.07) is 12.0. The van der Waals surface area contributed by atoms with E-state index in [2.05, 4.69) is 28.3 Å². The minimum atomic E-state index is -0.847. The number of anilines is 2. The molecule has 0 bridgehead atoms. The number of nitrogens with zero attached hydrogens (tertiary/aromatic N) is 5. The number of rotatable bonds is 7. The third-order valence-electron chi connectivity index (χ3n) is 8.73. The first-order valence-corrected chi connectivity index (χ1v) is 14.8. The van der Waals surface area contributed by atoms with Crippen LogP contribution in [-0.2, 0) is 12.0 Å². The molecule has 1 atom stereocenters. The van der Waals surface area contributed by atoms with Gasteiger partial charge in [0.15, 0.2) is 5.65 Å². The van der Waals surface area contributed by atoms with Gasteiger partial charge in [0.25, 0.3) is 5.56 Å². The molecule has 0 radical (unpaired) electrons. The molecule has 3 heterocycles. The molecule has 6 rings (SSSR count). The maximum atomic E-state index is 13.5. The van der Waals surface area contributed by atoms with Gasteiger partial charge in [-0.3, -0.25) is 4.79 Å². The van der Waals surface area contributed by atoms with Gasteiger partial charge >= 0.3 is 0 Å². The van der Waals surface area contributed by atoms with Crippen molar-refractivity contribution in [2.45, 2.75) is 77.5 Å². The number of likely N-dealkylation sites (tertiary alicyclic amines) is 1. The lowest BCUT2D eigenvalue weighted by Crippen LogP contribution is -2.35. The Bertz CT molecular complexity index is 1650. The summed E-state index contributed by atoms with van der Waals surface area (Å²) in [5, 5.41) is 15.0. The zero-order chi connectivity index (χ0) is 28.9. The average molecular weight is 557 g/mol. The zero-order valence-electron chi connectivity index (χ0n) is 24.6. The molecule has 0 saturated carbocycles. The molecule has 0 spiro atoms. The molecule has 216 valence electrons. The molecule has 1 aliphatic carbocycles. The highest BCUT2D eigenvalue weighted by Crippen LogP contribution is 2.40. The standard InChI is InChI=1S/C32H40N6O3/c1-6-32(40)14-11-22-7-9-24(18-27(22)32)38-29-26(30(39)37(38)20(2)3)19-33-31(35-29)34-23-8-10-28(21(4)17-23)41-25-12-15-36(5)16-13-25/h7-10,17-20,25,40H,6,11-16H2,1-5H3,(H,33,34,35). The summed E-state index contributed by atoms with van der Waals surface area (Å²) in [6.07, 6.45) is 6.10. The largest absolute Gasteiger partial charge is 0.490 e. The van der Waals surface area contributed by atoms with Crippen molar-refractivity contribution < 1.29 is 9.84 Å². The van der Waals surface area contributed by atoms with Gasteiger partial charge in [-0.1, -0.05) is 13.0 Å². The van der Waals surface area contributed by atoms with Gasteiger partial charge in [0, 0.05) is 31.0 Å². The van der Waals surface area contributed by atoms with Crippen molar-refractivity contribution in [2.24, 2.45) is 0 Å². The molecular formula is C32H40N6O3. The van der Waals surface area contributed by atoms with Gasteiger partial charge in [0.05, 0.1) is 11.3 Å². The van der Waals surface area contributed by atoms with Crippen LogP contribution in [0.5, 0.6) is 5.75 Å². The molecule has 2 N–H and O–H groups in total. The van der Waals surface area contributed by atoms with Crippen molar-refractivity contribution in [1.29, 1.82) is 0 Å². The van der Waals surface area contributed by atoms with Gasteiger partial charge in [0.2, 0.25) is 5.95 Å². The molecule has 41 heavy (non-hydrogen) atoms. The number of nitrogens with one attached hydrogen (secondary N) is 1. The van der Waals surface area contributed by atoms with Gasteiger partial charge in [-0.05, 0) is 107 Å². The van der Waals surface area contributed by atoms with Crippen LogP contribution in [0.3, 0.4) is 0 Å². The fraction of sp³-hybridized carbons (Fsp3) is 0.469. The SMILES string of the molecule is CCC1(O)CCc2ccc(-n3c4nc(Nc5ccc(OC6CCN(C)CC6)c(C)c5)ncc4c(=O)n3C(C)C)cc21.